The SMILES string of the molecule is COC=C(Oc1ccc(Cl)cc1C(=O)OCc1ccccc1)C(=O)OC. The van der Waals surface area contributed by atoms with Crippen molar-refractivity contribution in [1.29, 1.82) is 0 Å². The van der Waals surface area contributed by atoms with Gasteiger partial charge in [-0.2, -0.15) is 0 Å². The van der Waals surface area contributed by atoms with Crippen molar-refractivity contribution in [2.24, 2.45) is 0 Å². The number of halogens is 1. The number of rotatable bonds is 7. The van der Waals surface area contributed by atoms with E-state index in [2.05, 4.69) is 4.74 Å². The molecule has 6 nitrogen and oxygen atoms in total. The highest BCUT2D eigenvalue weighted by Crippen LogP contribution is 2.26. The average molecular weight is 377 g/mol. The molecule has 26 heavy (non-hydrogen) atoms. The fourth-order valence-corrected chi connectivity index (χ4v) is 2.16. The molecular weight excluding hydrogens is 360 g/mol. The molecule has 0 saturated carbocycles. The molecule has 0 heterocycles. The predicted octanol–water partition coefficient (Wildman–Crippen LogP) is 3.74. The van der Waals surface area contributed by atoms with Crippen molar-refractivity contribution >= 4 is 23.5 Å². The summed E-state index contributed by atoms with van der Waals surface area (Å²) < 4.78 is 20.2. The van der Waals surface area contributed by atoms with Gasteiger partial charge in [-0.05, 0) is 23.8 Å². The molecule has 0 radical (unpaired) electrons. The van der Waals surface area contributed by atoms with E-state index >= 15 is 0 Å². The van der Waals surface area contributed by atoms with Gasteiger partial charge in [-0.25, -0.2) is 9.59 Å². The highest BCUT2D eigenvalue weighted by atomic mass is 35.5. The Bertz CT molecular complexity index is 801. The summed E-state index contributed by atoms with van der Waals surface area (Å²) in [5.41, 5.74) is 0.902. The highest BCUT2D eigenvalue weighted by Gasteiger charge is 2.20. The first-order valence-electron chi connectivity index (χ1n) is 7.55. The fourth-order valence-electron chi connectivity index (χ4n) is 1.99. The number of hydrogen-bond donors (Lipinski definition) is 0. The summed E-state index contributed by atoms with van der Waals surface area (Å²) in [6.07, 6.45) is 1.07. The van der Waals surface area contributed by atoms with Crippen LogP contribution in [0.5, 0.6) is 5.75 Å². The molecule has 2 rings (SSSR count). The molecule has 0 saturated heterocycles. The van der Waals surface area contributed by atoms with E-state index in [0.29, 0.717) is 5.02 Å². The summed E-state index contributed by atoms with van der Waals surface area (Å²) in [5, 5.41) is 0.319. The van der Waals surface area contributed by atoms with Gasteiger partial charge < -0.3 is 18.9 Å². The van der Waals surface area contributed by atoms with E-state index < -0.39 is 11.9 Å². The van der Waals surface area contributed by atoms with Crippen molar-refractivity contribution < 1.29 is 28.5 Å². The molecule has 2 aromatic rings. The van der Waals surface area contributed by atoms with Gasteiger partial charge in [-0.1, -0.05) is 41.9 Å². The van der Waals surface area contributed by atoms with Crippen molar-refractivity contribution in [1.82, 2.24) is 0 Å². The van der Waals surface area contributed by atoms with Gasteiger partial charge in [0.2, 0.25) is 5.76 Å². The first kappa shape index (κ1) is 19.3. The Kier molecular flexibility index (Phi) is 7.05. The van der Waals surface area contributed by atoms with Crippen molar-refractivity contribution in [3.05, 3.63) is 76.7 Å². The van der Waals surface area contributed by atoms with Crippen molar-refractivity contribution in [3.63, 3.8) is 0 Å². The van der Waals surface area contributed by atoms with Crippen LogP contribution in [0, 0.1) is 0 Å². The van der Waals surface area contributed by atoms with Crippen molar-refractivity contribution in [2.45, 2.75) is 6.61 Å². The van der Waals surface area contributed by atoms with Gasteiger partial charge in [-0.15, -0.1) is 0 Å². The van der Waals surface area contributed by atoms with E-state index in [1.165, 1.54) is 32.4 Å². The number of carbonyl (C=O) groups excluding carboxylic acids is 2. The zero-order chi connectivity index (χ0) is 18.9. The predicted molar refractivity (Wildman–Crippen MR) is 94.7 cm³/mol. The molecule has 0 bridgehead atoms. The third-order valence-corrected chi connectivity index (χ3v) is 3.44. The zero-order valence-electron chi connectivity index (χ0n) is 14.2. The number of esters is 2. The van der Waals surface area contributed by atoms with Crippen LogP contribution < -0.4 is 4.74 Å². The summed E-state index contributed by atoms with van der Waals surface area (Å²) in [6, 6.07) is 13.6. The van der Waals surface area contributed by atoms with Crippen LogP contribution in [0.4, 0.5) is 0 Å². The van der Waals surface area contributed by atoms with Gasteiger partial charge in [-0.3, -0.25) is 0 Å². The molecule has 0 aliphatic carbocycles. The third-order valence-electron chi connectivity index (χ3n) is 3.21. The van der Waals surface area contributed by atoms with E-state index in [4.69, 9.17) is 25.8 Å². The highest BCUT2D eigenvalue weighted by molar-refractivity contribution is 6.31. The largest absolute Gasteiger partial charge is 0.500 e. The number of carbonyl (C=O) groups is 2. The van der Waals surface area contributed by atoms with Crippen LogP contribution >= 0.6 is 11.6 Å². The van der Waals surface area contributed by atoms with Crippen LogP contribution in [-0.2, 0) is 25.6 Å². The summed E-state index contributed by atoms with van der Waals surface area (Å²) in [4.78, 5) is 24.2. The Morgan fingerprint density at radius 1 is 1.08 bits per heavy atom. The minimum Gasteiger partial charge on any atom is -0.500 e. The van der Waals surface area contributed by atoms with Gasteiger partial charge in [0.15, 0.2) is 0 Å². The molecule has 0 aromatic heterocycles. The Hall–Kier alpha value is -2.99. The van der Waals surface area contributed by atoms with E-state index in [9.17, 15) is 9.59 Å². The topological polar surface area (TPSA) is 71.1 Å². The van der Waals surface area contributed by atoms with Crippen LogP contribution in [0.25, 0.3) is 0 Å². The minimum atomic E-state index is -0.759. The fraction of sp³-hybridized carbons (Fsp3) is 0.158. The first-order chi connectivity index (χ1) is 12.5. The van der Waals surface area contributed by atoms with Gasteiger partial charge in [0.25, 0.3) is 0 Å². The maximum Gasteiger partial charge on any atom is 0.377 e. The lowest BCUT2D eigenvalue weighted by molar-refractivity contribution is -0.138. The average Bonchev–Trinajstić information content (AvgIpc) is 2.67. The van der Waals surface area contributed by atoms with E-state index in [-0.39, 0.29) is 23.7 Å². The lowest BCUT2D eigenvalue weighted by Crippen LogP contribution is -2.14. The van der Waals surface area contributed by atoms with Crippen LogP contribution in [0.15, 0.2) is 60.6 Å². The van der Waals surface area contributed by atoms with Crippen molar-refractivity contribution in [2.75, 3.05) is 14.2 Å². The molecule has 2 aromatic carbocycles. The molecule has 136 valence electrons. The first-order valence-corrected chi connectivity index (χ1v) is 7.92. The number of ether oxygens (including phenoxy) is 4. The van der Waals surface area contributed by atoms with Gasteiger partial charge >= 0.3 is 11.9 Å². The third kappa shape index (κ3) is 5.26. The monoisotopic (exact) mass is 376 g/mol. The van der Waals surface area contributed by atoms with Crippen LogP contribution in [0.1, 0.15) is 15.9 Å². The van der Waals surface area contributed by atoms with Gasteiger partial charge in [0, 0.05) is 5.02 Å². The molecule has 0 atom stereocenters. The van der Waals surface area contributed by atoms with E-state index in [1.54, 1.807) is 0 Å². The lowest BCUT2D eigenvalue weighted by Gasteiger charge is -2.12. The van der Waals surface area contributed by atoms with Crippen molar-refractivity contribution in [3.8, 4) is 5.75 Å². The maximum atomic E-state index is 12.4. The molecule has 0 amide bonds. The molecular formula is C19H17ClO6. The molecule has 0 spiro atoms. The standard InChI is InChI=1S/C19H17ClO6/c1-23-12-17(19(22)24-2)26-16-9-8-14(20)10-15(16)18(21)25-11-13-6-4-3-5-7-13/h3-10,12H,11H2,1-2H3. The second-order valence-electron chi connectivity index (χ2n) is 5.01. The second-order valence-corrected chi connectivity index (χ2v) is 5.45. The van der Waals surface area contributed by atoms with E-state index in [0.717, 1.165) is 11.8 Å². The summed E-state index contributed by atoms with van der Waals surface area (Å²) >= 11 is 5.97. The van der Waals surface area contributed by atoms with Gasteiger partial charge in [0.1, 0.15) is 24.2 Å². The molecule has 0 aliphatic heterocycles. The molecule has 0 fully saturated rings. The number of hydrogen-bond acceptors (Lipinski definition) is 6. The van der Waals surface area contributed by atoms with Crippen LogP contribution in [0.2, 0.25) is 5.02 Å². The van der Waals surface area contributed by atoms with Crippen LogP contribution in [-0.4, -0.2) is 26.2 Å². The smallest absolute Gasteiger partial charge is 0.377 e. The molecule has 0 aliphatic rings. The zero-order valence-corrected chi connectivity index (χ0v) is 15.0. The van der Waals surface area contributed by atoms with E-state index in [1.807, 2.05) is 30.3 Å². The Morgan fingerprint density at radius 2 is 1.81 bits per heavy atom. The maximum absolute atomic E-state index is 12.4. The van der Waals surface area contributed by atoms with Crippen LogP contribution in [0.3, 0.4) is 0 Å². The minimum absolute atomic E-state index is 0.0688. The van der Waals surface area contributed by atoms with Gasteiger partial charge in [0.05, 0.1) is 14.2 Å². The normalized spacial score (nSPS) is 10.8. The second kappa shape index (κ2) is 9.48. The Morgan fingerprint density at radius 3 is 2.46 bits per heavy atom. The summed E-state index contributed by atoms with van der Waals surface area (Å²) in [7, 11) is 2.55. The Labute approximate surface area is 155 Å². The summed E-state index contributed by atoms with van der Waals surface area (Å²) in [6.45, 7) is 0.0867. The molecule has 0 N–H and O–H groups in total. The summed E-state index contributed by atoms with van der Waals surface area (Å²) in [5.74, 6) is -1.55. The molecule has 7 heteroatoms. The molecule has 0 unspecified atom stereocenters. The quantitative estimate of drug-likeness (QED) is 0.416. The number of benzene rings is 2. The number of methoxy groups -OCH3 is 2. The lowest BCUT2D eigenvalue weighted by atomic mass is 10.2. The Balaban J connectivity index is 2.22.